The Hall–Kier alpha value is -2.13. The maximum absolute atomic E-state index is 11.3. The third-order valence-corrected chi connectivity index (χ3v) is 3.42. The van der Waals surface area contributed by atoms with E-state index in [1.807, 2.05) is 24.3 Å². The molecule has 2 aromatic rings. The molecule has 0 spiro atoms. The first kappa shape index (κ1) is 11.0. The topological polar surface area (TPSA) is 49.3 Å². The van der Waals surface area contributed by atoms with Crippen molar-refractivity contribution in [1.29, 1.82) is 0 Å². The number of rotatable bonds is 2. The number of carbonyl (C=O) groups excluding carboxylic acids is 1. The van der Waals surface area contributed by atoms with E-state index >= 15 is 0 Å². The molecule has 90 valence electrons. The molecule has 1 amide bonds. The summed E-state index contributed by atoms with van der Waals surface area (Å²) in [6.45, 7) is 0. The van der Waals surface area contributed by atoms with Gasteiger partial charge in [0.1, 0.15) is 0 Å². The molecule has 0 heterocycles. The number of benzene rings is 2. The van der Waals surface area contributed by atoms with Crippen LogP contribution >= 0.6 is 0 Å². The molecule has 0 fully saturated rings. The van der Waals surface area contributed by atoms with Gasteiger partial charge in [0, 0.05) is 0 Å². The van der Waals surface area contributed by atoms with Gasteiger partial charge in [-0.15, -0.1) is 0 Å². The number of amides is 1. The summed E-state index contributed by atoms with van der Waals surface area (Å²) >= 11 is 0. The first-order valence-corrected chi connectivity index (χ1v) is 5.91. The molecule has 0 saturated heterocycles. The molecule has 18 heavy (non-hydrogen) atoms. The van der Waals surface area contributed by atoms with E-state index in [9.17, 15) is 4.79 Å². The fourth-order valence-electron chi connectivity index (χ4n) is 2.60. The highest BCUT2D eigenvalue weighted by Gasteiger charge is 2.20. The second kappa shape index (κ2) is 4.27. The average molecular weight is 239 g/mol. The van der Waals surface area contributed by atoms with Crippen molar-refractivity contribution in [3.63, 3.8) is 0 Å². The standard InChI is InChI=1S/C15H13NO2/c17-15(16-18)9-11-5-3-7-13-12-6-2-1-4-10(12)8-14(11)13/h1-7,18H,8-9H2,(H,16,17). The van der Waals surface area contributed by atoms with Crippen molar-refractivity contribution in [2.75, 3.05) is 0 Å². The van der Waals surface area contributed by atoms with Crippen molar-refractivity contribution >= 4 is 5.91 Å². The predicted molar refractivity (Wildman–Crippen MR) is 68.3 cm³/mol. The summed E-state index contributed by atoms with van der Waals surface area (Å²) in [5.74, 6) is -0.376. The normalized spacial score (nSPS) is 11.8. The van der Waals surface area contributed by atoms with E-state index in [1.54, 1.807) is 5.48 Å². The molecule has 0 bridgehead atoms. The van der Waals surface area contributed by atoms with E-state index in [4.69, 9.17) is 5.21 Å². The van der Waals surface area contributed by atoms with Gasteiger partial charge >= 0.3 is 0 Å². The highest BCUT2D eigenvalue weighted by Crippen LogP contribution is 2.38. The quantitative estimate of drug-likeness (QED) is 0.532. The van der Waals surface area contributed by atoms with Gasteiger partial charge in [-0.2, -0.15) is 0 Å². The van der Waals surface area contributed by atoms with Gasteiger partial charge in [-0.3, -0.25) is 10.0 Å². The van der Waals surface area contributed by atoms with Crippen LogP contribution in [0.5, 0.6) is 0 Å². The van der Waals surface area contributed by atoms with E-state index in [2.05, 4.69) is 18.2 Å². The third kappa shape index (κ3) is 1.69. The third-order valence-electron chi connectivity index (χ3n) is 3.42. The van der Waals surface area contributed by atoms with Gasteiger partial charge in [0.25, 0.3) is 0 Å². The molecular weight excluding hydrogens is 226 g/mol. The highest BCUT2D eigenvalue weighted by molar-refractivity contribution is 5.82. The number of hydrogen-bond acceptors (Lipinski definition) is 2. The summed E-state index contributed by atoms with van der Waals surface area (Å²) in [5.41, 5.74) is 7.61. The molecule has 0 radical (unpaired) electrons. The summed E-state index contributed by atoms with van der Waals surface area (Å²) in [5, 5.41) is 8.62. The zero-order chi connectivity index (χ0) is 12.5. The minimum absolute atomic E-state index is 0.216. The Morgan fingerprint density at radius 2 is 1.89 bits per heavy atom. The lowest BCUT2D eigenvalue weighted by Crippen LogP contribution is -2.21. The van der Waals surface area contributed by atoms with Crippen molar-refractivity contribution < 1.29 is 10.0 Å². The van der Waals surface area contributed by atoms with Gasteiger partial charge < -0.3 is 0 Å². The molecule has 1 aliphatic rings. The van der Waals surface area contributed by atoms with Crippen molar-refractivity contribution in [2.45, 2.75) is 12.8 Å². The van der Waals surface area contributed by atoms with Crippen LogP contribution < -0.4 is 5.48 Å². The minimum atomic E-state index is -0.376. The average Bonchev–Trinajstić information content (AvgIpc) is 2.78. The summed E-state index contributed by atoms with van der Waals surface area (Å²) in [4.78, 5) is 11.3. The Balaban J connectivity index is 2.06. The molecule has 0 unspecified atom stereocenters. The Kier molecular flexibility index (Phi) is 2.61. The highest BCUT2D eigenvalue weighted by atomic mass is 16.5. The van der Waals surface area contributed by atoms with Crippen LogP contribution in [-0.2, 0) is 17.6 Å². The molecule has 0 atom stereocenters. The molecule has 2 N–H and O–H groups in total. The SMILES string of the molecule is O=C(Cc1cccc2c1Cc1ccccc1-2)NO. The first-order valence-electron chi connectivity index (χ1n) is 5.91. The van der Waals surface area contributed by atoms with Gasteiger partial charge in [-0.25, -0.2) is 5.48 Å². The van der Waals surface area contributed by atoms with Crippen LogP contribution in [0.15, 0.2) is 42.5 Å². The van der Waals surface area contributed by atoms with E-state index in [1.165, 1.54) is 22.3 Å². The van der Waals surface area contributed by atoms with Crippen molar-refractivity contribution in [3.8, 4) is 11.1 Å². The van der Waals surface area contributed by atoms with Crippen LogP contribution in [0.2, 0.25) is 0 Å². The smallest absolute Gasteiger partial charge is 0.247 e. The molecule has 0 aromatic heterocycles. The van der Waals surface area contributed by atoms with Crippen LogP contribution in [0, 0.1) is 0 Å². The minimum Gasteiger partial charge on any atom is -0.289 e. The number of carbonyl (C=O) groups is 1. The van der Waals surface area contributed by atoms with Gasteiger partial charge in [0.05, 0.1) is 6.42 Å². The van der Waals surface area contributed by atoms with Crippen molar-refractivity contribution in [3.05, 3.63) is 59.2 Å². The van der Waals surface area contributed by atoms with Gasteiger partial charge in [0.2, 0.25) is 5.91 Å². The number of nitrogens with one attached hydrogen (secondary N) is 1. The maximum Gasteiger partial charge on any atom is 0.247 e. The van der Waals surface area contributed by atoms with Crippen LogP contribution in [0.1, 0.15) is 16.7 Å². The Labute approximate surface area is 105 Å². The molecule has 2 aromatic carbocycles. The number of hydrogen-bond donors (Lipinski definition) is 2. The van der Waals surface area contributed by atoms with Gasteiger partial charge in [-0.05, 0) is 34.2 Å². The Bertz CT molecular complexity index is 620. The van der Waals surface area contributed by atoms with Crippen molar-refractivity contribution in [1.82, 2.24) is 5.48 Å². The number of fused-ring (bicyclic) bond motifs is 3. The molecule has 3 nitrogen and oxygen atoms in total. The fourth-order valence-corrected chi connectivity index (χ4v) is 2.60. The molecule has 0 aliphatic heterocycles. The summed E-state index contributed by atoms with van der Waals surface area (Å²) in [6, 6.07) is 14.3. The van der Waals surface area contributed by atoms with E-state index < -0.39 is 0 Å². The van der Waals surface area contributed by atoms with Gasteiger partial charge in [0.15, 0.2) is 0 Å². The zero-order valence-corrected chi connectivity index (χ0v) is 9.81. The Morgan fingerprint density at radius 3 is 2.72 bits per heavy atom. The summed E-state index contributed by atoms with van der Waals surface area (Å²) < 4.78 is 0. The lowest BCUT2D eigenvalue weighted by atomic mass is 9.99. The van der Waals surface area contributed by atoms with Crippen LogP contribution in [0.25, 0.3) is 11.1 Å². The second-order valence-electron chi connectivity index (χ2n) is 4.49. The molecular formula is C15H13NO2. The first-order chi connectivity index (χ1) is 8.79. The van der Waals surface area contributed by atoms with Crippen molar-refractivity contribution in [2.24, 2.45) is 0 Å². The molecule has 3 heteroatoms. The van der Waals surface area contributed by atoms with Crippen LogP contribution in [-0.4, -0.2) is 11.1 Å². The second-order valence-corrected chi connectivity index (χ2v) is 4.49. The lowest BCUT2D eigenvalue weighted by molar-refractivity contribution is -0.128. The zero-order valence-electron chi connectivity index (χ0n) is 9.81. The van der Waals surface area contributed by atoms with E-state index in [-0.39, 0.29) is 12.3 Å². The fraction of sp³-hybridized carbons (Fsp3) is 0.133. The predicted octanol–water partition coefficient (Wildman–Crippen LogP) is 2.31. The largest absolute Gasteiger partial charge is 0.289 e. The Morgan fingerprint density at radius 1 is 1.11 bits per heavy atom. The molecule has 0 saturated carbocycles. The maximum atomic E-state index is 11.3. The summed E-state index contributed by atoms with van der Waals surface area (Å²) in [7, 11) is 0. The molecule has 1 aliphatic carbocycles. The number of hydroxylamine groups is 1. The summed E-state index contributed by atoms with van der Waals surface area (Å²) in [6.07, 6.45) is 1.08. The van der Waals surface area contributed by atoms with E-state index in [0.717, 1.165) is 12.0 Å². The van der Waals surface area contributed by atoms with E-state index in [0.29, 0.717) is 0 Å². The van der Waals surface area contributed by atoms with Crippen LogP contribution in [0.3, 0.4) is 0 Å². The monoisotopic (exact) mass is 239 g/mol. The lowest BCUT2D eigenvalue weighted by Gasteiger charge is -2.07. The van der Waals surface area contributed by atoms with Crippen LogP contribution in [0.4, 0.5) is 0 Å². The molecule has 3 rings (SSSR count). The van der Waals surface area contributed by atoms with Gasteiger partial charge in [-0.1, -0.05) is 42.5 Å².